The van der Waals surface area contributed by atoms with Gasteiger partial charge in [-0.3, -0.25) is 4.79 Å². The molecule has 0 aliphatic rings. The van der Waals surface area contributed by atoms with Gasteiger partial charge in [-0.2, -0.15) is 0 Å². The molecule has 0 saturated carbocycles. The molecule has 136 valence electrons. The van der Waals surface area contributed by atoms with Gasteiger partial charge in [-0.15, -0.1) is 0 Å². The second kappa shape index (κ2) is 9.20. The lowest BCUT2D eigenvalue weighted by Gasteiger charge is -2.12. The van der Waals surface area contributed by atoms with Crippen LogP contribution in [-0.4, -0.2) is 18.5 Å². The topological polar surface area (TPSA) is 55.4 Å². The number of nitrogens with one attached hydrogen (secondary N) is 1. The van der Waals surface area contributed by atoms with E-state index in [9.17, 15) is 9.59 Å². The van der Waals surface area contributed by atoms with E-state index in [4.69, 9.17) is 16.3 Å². The first-order valence-corrected chi connectivity index (χ1v) is 8.77. The van der Waals surface area contributed by atoms with E-state index in [1.807, 2.05) is 51.1 Å². The van der Waals surface area contributed by atoms with Crippen LogP contribution in [0.3, 0.4) is 0 Å². The molecule has 0 radical (unpaired) electrons. The standard InChI is InChI=1S/C21H22ClNO3/c1-4-17-7-5-6-15(3)21(17)23-19(24)13-26-20(25)11-10-16-9-8-14(2)18(22)12-16/h5-12H,4,13H2,1-3H3,(H,23,24)/b11-10+. The van der Waals surface area contributed by atoms with Crippen molar-refractivity contribution < 1.29 is 14.3 Å². The molecule has 0 aliphatic carbocycles. The Morgan fingerprint density at radius 2 is 1.92 bits per heavy atom. The Labute approximate surface area is 158 Å². The van der Waals surface area contributed by atoms with Gasteiger partial charge in [0.25, 0.3) is 5.91 Å². The van der Waals surface area contributed by atoms with Crippen LogP contribution >= 0.6 is 11.6 Å². The Morgan fingerprint density at radius 1 is 1.15 bits per heavy atom. The maximum atomic E-state index is 12.1. The van der Waals surface area contributed by atoms with Gasteiger partial charge in [0.2, 0.25) is 0 Å². The van der Waals surface area contributed by atoms with E-state index in [-0.39, 0.29) is 12.5 Å². The van der Waals surface area contributed by atoms with Gasteiger partial charge in [0.05, 0.1) is 0 Å². The number of hydrogen-bond acceptors (Lipinski definition) is 3. The first-order valence-electron chi connectivity index (χ1n) is 8.40. The average molecular weight is 372 g/mol. The summed E-state index contributed by atoms with van der Waals surface area (Å²) in [7, 11) is 0. The lowest BCUT2D eigenvalue weighted by molar-refractivity contribution is -0.142. The monoisotopic (exact) mass is 371 g/mol. The third kappa shape index (κ3) is 5.46. The molecule has 26 heavy (non-hydrogen) atoms. The first-order chi connectivity index (χ1) is 12.4. The van der Waals surface area contributed by atoms with Gasteiger partial charge in [0.15, 0.2) is 6.61 Å². The maximum Gasteiger partial charge on any atom is 0.331 e. The highest BCUT2D eigenvalue weighted by Gasteiger charge is 2.10. The number of aryl methyl sites for hydroxylation is 3. The van der Waals surface area contributed by atoms with Crippen LogP contribution in [0.2, 0.25) is 5.02 Å². The van der Waals surface area contributed by atoms with Crippen LogP contribution < -0.4 is 5.32 Å². The summed E-state index contributed by atoms with van der Waals surface area (Å²) < 4.78 is 4.99. The molecule has 1 N–H and O–H groups in total. The van der Waals surface area contributed by atoms with Gasteiger partial charge in [-0.05, 0) is 54.7 Å². The van der Waals surface area contributed by atoms with E-state index in [0.29, 0.717) is 5.02 Å². The summed E-state index contributed by atoms with van der Waals surface area (Å²) in [4.78, 5) is 23.9. The quantitative estimate of drug-likeness (QED) is 0.590. The molecule has 0 atom stereocenters. The molecule has 2 aromatic carbocycles. The summed E-state index contributed by atoms with van der Waals surface area (Å²) in [6.45, 7) is 5.51. The highest BCUT2D eigenvalue weighted by molar-refractivity contribution is 6.31. The lowest BCUT2D eigenvalue weighted by atomic mass is 10.1. The smallest absolute Gasteiger partial charge is 0.331 e. The number of para-hydroxylation sites is 1. The van der Waals surface area contributed by atoms with E-state index >= 15 is 0 Å². The van der Waals surface area contributed by atoms with Crippen molar-refractivity contribution >= 4 is 35.2 Å². The number of ether oxygens (including phenoxy) is 1. The minimum absolute atomic E-state index is 0.338. The van der Waals surface area contributed by atoms with Gasteiger partial charge >= 0.3 is 5.97 Å². The van der Waals surface area contributed by atoms with Crippen molar-refractivity contribution in [3.8, 4) is 0 Å². The van der Waals surface area contributed by atoms with Crippen LogP contribution in [0.4, 0.5) is 5.69 Å². The van der Waals surface area contributed by atoms with Crippen molar-refractivity contribution in [2.75, 3.05) is 11.9 Å². The van der Waals surface area contributed by atoms with Crippen LogP contribution in [-0.2, 0) is 20.7 Å². The largest absolute Gasteiger partial charge is 0.452 e. The zero-order valence-corrected chi connectivity index (χ0v) is 15.9. The molecule has 0 unspecified atom stereocenters. The number of esters is 1. The van der Waals surface area contributed by atoms with Crippen molar-refractivity contribution in [1.29, 1.82) is 0 Å². The fraction of sp³-hybridized carbons (Fsp3) is 0.238. The Kier molecular flexibility index (Phi) is 6.98. The maximum absolute atomic E-state index is 12.1. The van der Waals surface area contributed by atoms with Crippen LogP contribution in [0.25, 0.3) is 6.08 Å². The van der Waals surface area contributed by atoms with Gasteiger partial charge < -0.3 is 10.1 Å². The summed E-state index contributed by atoms with van der Waals surface area (Å²) in [5.74, 6) is -0.952. The van der Waals surface area contributed by atoms with E-state index in [1.165, 1.54) is 6.08 Å². The van der Waals surface area contributed by atoms with Gasteiger partial charge in [0.1, 0.15) is 0 Å². The zero-order valence-electron chi connectivity index (χ0n) is 15.1. The lowest BCUT2D eigenvalue weighted by Crippen LogP contribution is -2.21. The second-order valence-corrected chi connectivity index (χ2v) is 6.37. The molecule has 1 amide bonds. The molecule has 4 nitrogen and oxygen atoms in total. The van der Waals surface area contributed by atoms with Crippen molar-refractivity contribution in [2.45, 2.75) is 27.2 Å². The highest BCUT2D eigenvalue weighted by Crippen LogP contribution is 2.21. The Hall–Kier alpha value is -2.59. The molecule has 2 rings (SSSR count). The van der Waals surface area contributed by atoms with Gasteiger partial charge in [-0.1, -0.05) is 48.9 Å². The summed E-state index contributed by atoms with van der Waals surface area (Å²) in [5.41, 5.74) is 4.54. The summed E-state index contributed by atoms with van der Waals surface area (Å²) in [5, 5.41) is 3.44. The molecular weight excluding hydrogens is 350 g/mol. The Balaban J connectivity index is 1.90. The number of benzene rings is 2. The van der Waals surface area contributed by atoms with Gasteiger partial charge in [0, 0.05) is 16.8 Å². The van der Waals surface area contributed by atoms with E-state index < -0.39 is 5.97 Å². The van der Waals surface area contributed by atoms with Crippen molar-refractivity contribution in [3.63, 3.8) is 0 Å². The molecule has 0 saturated heterocycles. The van der Waals surface area contributed by atoms with Crippen LogP contribution in [0.5, 0.6) is 0 Å². The van der Waals surface area contributed by atoms with Gasteiger partial charge in [-0.25, -0.2) is 4.79 Å². The summed E-state index contributed by atoms with van der Waals surface area (Å²) in [6.07, 6.45) is 3.68. The van der Waals surface area contributed by atoms with Crippen LogP contribution in [0.1, 0.15) is 29.2 Å². The first kappa shape index (κ1) is 19.7. The molecule has 0 heterocycles. The molecule has 0 aromatic heterocycles. The van der Waals surface area contributed by atoms with Crippen LogP contribution in [0.15, 0.2) is 42.5 Å². The Morgan fingerprint density at radius 3 is 2.62 bits per heavy atom. The molecule has 5 heteroatoms. The summed E-state index contributed by atoms with van der Waals surface area (Å²) in [6, 6.07) is 11.3. The number of rotatable bonds is 6. The molecule has 0 spiro atoms. The predicted molar refractivity (Wildman–Crippen MR) is 105 cm³/mol. The molecule has 0 bridgehead atoms. The van der Waals surface area contributed by atoms with E-state index in [0.717, 1.165) is 34.4 Å². The SMILES string of the molecule is CCc1cccc(C)c1NC(=O)COC(=O)/C=C/c1ccc(C)c(Cl)c1. The summed E-state index contributed by atoms with van der Waals surface area (Å²) >= 11 is 6.04. The normalized spacial score (nSPS) is 10.8. The minimum atomic E-state index is -0.586. The van der Waals surface area contributed by atoms with E-state index in [2.05, 4.69) is 5.32 Å². The average Bonchev–Trinajstić information content (AvgIpc) is 2.62. The van der Waals surface area contributed by atoms with Crippen molar-refractivity contribution in [1.82, 2.24) is 0 Å². The van der Waals surface area contributed by atoms with Crippen molar-refractivity contribution in [2.24, 2.45) is 0 Å². The Bertz CT molecular complexity index is 843. The molecule has 0 aliphatic heterocycles. The molecular formula is C21H22ClNO3. The second-order valence-electron chi connectivity index (χ2n) is 5.96. The zero-order chi connectivity index (χ0) is 19.1. The number of carbonyl (C=O) groups is 2. The number of amides is 1. The van der Waals surface area contributed by atoms with Crippen LogP contribution in [0, 0.1) is 13.8 Å². The highest BCUT2D eigenvalue weighted by atomic mass is 35.5. The molecule has 0 fully saturated rings. The third-order valence-electron chi connectivity index (χ3n) is 3.96. The number of halogens is 1. The molecule has 2 aromatic rings. The van der Waals surface area contributed by atoms with Crippen molar-refractivity contribution in [3.05, 3.63) is 69.8 Å². The number of carbonyl (C=O) groups excluding carboxylic acids is 2. The number of hydrogen-bond donors (Lipinski definition) is 1. The van der Waals surface area contributed by atoms with E-state index in [1.54, 1.807) is 12.1 Å². The minimum Gasteiger partial charge on any atom is -0.452 e. The fourth-order valence-corrected chi connectivity index (χ4v) is 2.63. The number of anilines is 1. The fourth-order valence-electron chi connectivity index (χ4n) is 2.44. The predicted octanol–water partition coefficient (Wildman–Crippen LogP) is 4.71. The third-order valence-corrected chi connectivity index (χ3v) is 4.36.